The highest BCUT2D eigenvalue weighted by Crippen LogP contribution is 2.28. The minimum Gasteiger partial charge on any atom is -0.354 e. The largest absolute Gasteiger partial charge is 0.354 e. The Labute approximate surface area is 104 Å². The van der Waals surface area contributed by atoms with Crippen LogP contribution in [0.5, 0.6) is 0 Å². The lowest BCUT2D eigenvalue weighted by Gasteiger charge is -2.38. The lowest BCUT2D eigenvalue weighted by molar-refractivity contribution is -0.120. The van der Waals surface area contributed by atoms with Gasteiger partial charge in [0.2, 0.25) is 5.91 Å². The van der Waals surface area contributed by atoms with Crippen LogP contribution in [-0.4, -0.2) is 18.0 Å². The van der Waals surface area contributed by atoms with Crippen molar-refractivity contribution >= 4 is 5.91 Å². The molecule has 98 valence electrons. The second-order valence-corrected chi connectivity index (χ2v) is 4.92. The van der Waals surface area contributed by atoms with Crippen LogP contribution in [0.4, 0.5) is 8.78 Å². The first-order valence-corrected chi connectivity index (χ1v) is 5.98. The molecule has 5 heteroatoms. The van der Waals surface area contributed by atoms with Gasteiger partial charge in [0.05, 0.1) is 6.42 Å². The van der Waals surface area contributed by atoms with Gasteiger partial charge in [-0.05, 0) is 37.0 Å². The highest BCUT2D eigenvalue weighted by molar-refractivity contribution is 5.78. The molecule has 0 radical (unpaired) electrons. The fourth-order valence-corrected chi connectivity index (χ4v) is 1.98. The standard InChI is InChI=1S/C13H16F2N2O/c14-10-3-2-9(6-11(10)15)7-12(18)17-8-13(16)4-1-5-13/h2-3,6H,1,4-5,7-8,16H2,(H,17,18). The Bertz CT molecular complexity index is 458. The Hall–Kier alpha value is -1.49. The van der Waals surface area contributed by atoms with Crippen molar-refractivity contribution in [3.8, 4) is 0 Å². The summed E-state index contributed by atoms with van der Waals surface area (Å²) in [5.41, 5.74) is 6.14. The maximum atomic E-state index is 12.9. The molecule has 1 saturated carbocycles. The number of hydrogen-bond acceptors (Lipinski definition) is 2. The fraction of sp³-hybridized carbons (Fsp3) is 0.462. The Morgan fingerprint density at radius 1 is 1.33 bits per heavy atom. The van der Waals surface area contributed by atoms with E-state index >= 15 is 0 Å². The van der Waals surface area contributed by atoms with Crippen LogP contribution in [0, 0.1) is 11.6 Å². The zero-order chi connectivity index (χ0) is 13.2. The summed E-state index contributed by atoms with van der Waals surface area (Å²) in [7, 11) is 0. The molecule has 0 atom stereocenters. The average Bonchev–Trinajstić information content (AvgIpc) is 2.29. The van der Waals surface area contributed by atoms with Crippen molar-refractivity contribution in [1.82, 2.24) is 5.32 Å². The second kappa shape index (κ2) is 5.02. The number of carbonyl (C=O) groups is 1. The van der Waals surface area contributed by atoms with Gasteiger partial charge in [-0.15, -0.1) is 0 Å². The molecule has 2 rings (SSSR count). The molecule has 1 aromatic carbocycles. The lowest BCUT2D eigenvalue weighted by atomic mass is 9.78. The molecular formula is C13H16F2N2O. The summed E-state index contributed by atoms with van der Waals surface area (Å²) < 4.78 is 25.6. The normalized spacial score (nSPS) is 17.1. The summed E-state index contributed by atoms with van der Waals surface area (Å²) in [6.45, 7) is 0.440. The van der Waals surface area contributed by atoms with Crippen LogP contribution < -0.4 is 11.1 Å². The SMILES string of the molecule is NC1(CNC(=O)Cc2ccc(F)c(F)c2)CCC1. The van der Waals surface area contributed by atoms with E-state index in [0.717, 1.165) is 31.4 Å². The van der Waals surface area contributed by atoms with Crippen LogP contribution in [0.25, 0.3) is 0 Å². The zero-order valence-electron chi connectivity index (χ0n) is 10.0. The Balaban J connectivity index is 1.85. The molecule has 0 bridgehead atoms. The van der Waals surface area contributed by atoms with Gasteiger partial charge in [0.15, 0.2) is 11.6 Å². The van der Waals surface area contributed by atoms with Gasteiger partial charge in [-0.1, -0.05) is 6.07 Å². The van der Waals surface area contributed by atoms with Gasteiger partial charge in [-0.25, -0.2) is 8.78 Å². The van der Waals surface area contributed by atoms with Gasteiger partial charge >= 0.3 is 0 Å². The Kier molecular flexibility index (Phi) is 3.61. The van der Waals surface area contributed by atoms with Crippen molar-refractivity contribution in [2.75, 3.05) is 6.54 Å². The van der Waals surface area contributed by atoms with E-state index in [-0.39, 0.29) is 17.9 Å². The van der Waals surface area contributed by atoms with Crippen LogP contribution in [0.3, 0.4) is 0 Å². The van der Waals surface area contributed by atoms with Crippen LogP contribution in [-0.2, 0) is 11.2 Å². The number of nitrogens with one attached hydrogen (secondary N) is 1. The molecule has 0 heterocycles. The number of halogens is 2. The molecule has 0 spiro atoms. The van der Waals surface area contributed by atoms with Crippen LogP contribution in [0.15, 0.2) is 18.2 Å². The van der Waals surface area contributed by atoms with Crippen molar-refractivity contribution in [3.63, 3.8) is 0 Å². The van der Waals surface area contributed by atoms with E-state index in [9.17, 15) is 13.6 Å². The lowest BCUT2D eigenvalue weighted by Crippen LogP contribution is -2.55. The van der Waals surface area contributed by atoms with Crippen molar-refractivity contribution in [2.24, 2.45) is 5.73 Å². The number of amides is 1. The molecule has 1 aliphatic rings. The van der Waals surface area contributed by atoms with Crippen molar-refractivity contribution < 1.29 is 13.6 Å². The first-order chi connectivity index (χ1) is 8.48. The number of benzene rings is 1. The van der Waals surface area contributed by atoms with Crippen LogP contribution in [0.2, 0.25) is 0 Å². The van der Waals surface area contributed by atoms with Gasteiger partial charge in [-0.3, -0.25) is 4.79 Å². The predicted molar refractivity (Wildman–Crippen MR) is 63.8 cm³/mol. The summed E-state index contributed by atoms with van der Waals surface area (Å²) in [6.07, 6.45) is 2.96. The predicted octanol–water partition coefficient (Wildman–Crippen LogP) is 1.50. The molecule has 0 unspecified atom stereocenters. The topological polar surface area (TPSA) is 55.1 Å². The molecule has 18 heavy (non-hydrogen) atoms. The number of rotatable bonds is 4. The molecule has 3 N–H and O–H groups in total. The van der Waals surface area contributed by atoms with E-state index in [4.69, 9.17) is 5.73 Å². The molecule has 1 aromatic rings. The molecule has 0 saturated heterocycles. The summed E-state index contributed by atoms with van der Waals surface area (Å²) >= 11 is 0. The second-order valence-electron chi connectivity index (χ2n) is 4.92. The molecule has 0 aromatic heterocycles. The van der Waals surface area contributed by atoms with E-state index in [1.807, 2.05) is 0 Å². The van der Waals surface area contributed by atoms with Crippen molar-refractivity contribution in [1.29, 1.82) is 0 Å². The Morgan fingerprint density at radius 3 is 2.61 bits per heavy atom. The molecule has 0 aliphatic heterocycles. The maximum absolute atomic E-state index is 12.9. The fourth-order valence-electron chi connectivity index (χ4n) is 1.98. The van der Waals surface area contributed by atoms with Crippen molar-refractivity contribution in [3.05, 3.63) is 35.4 Å². The van der Waals surface area contributed by atoms with Gasteiger partial charge in [-0.2, -0.15) is 0 Å². The third-order valence-corrected chi connectivity index (χ3v) is 3.34. The van der Waals surface area contributed by atoms with Gasteiger partial charge in [0.1, 0.15) is 0 Å². The molecular weight excluding hydrogens is 238 g/mol. The summed E-state index contributed by atoms with van der Waals surface area (Å²) in [5, 5.41) is 2.73. The third-order valence-electron chi connectivity index (χ3n) is 3.34. The molecule has 1 aliphatic carbocycles. The van der Waals surface area contributed by atoms with Gasteiger partial charge < -0.3 is 11.1 Å². The van der Waals surface area contributed by atoms with E-state index in [2.05, 4.69) is 5.32 Å². The number of hydrogen-bond donors (Lipinski definition) is 2. The van der Waals surface area contributed by atoms with Gasteiger partial charge in [0, 0.05) is 12.1 Å². The average molecular weight is 254 g/mol. The highest BCUT2D eigenvalue weighted by atomic mass is 19.2. The summed E-state index contributed by atoms with van der Waals surface area (Å²) in [4.78, 5) is 11.6. The molecule has 1 fully saturated rings. The van der Waals surface area contributed by atoms with Crippen LogP contribution in [0.1, 0.15) is 24.8 Å². The monoisotopic (exact) mass is 254 g/mol. The minimum atomic E-state index is -0.936. The molecule has 1 amide bonds. The van der Waals surface area contributed by atoms with Crippen LogP contribution >= 0.6 is 0 Å². The summed E-state index contributed by atoms with van der Waals surface area (Å²) in [5.74, 6) is -2.07. The van der Waals surface area contributed by atoms with E-state index in [1.54, 1.807) is 0 Å². The van der Waals surface area contributed by atoms with Gasteiger partial charge in [0.25, 0.3) is 0 Å². The maximum Gasteiger partial charge on any atom is 0.224 e. The number of nitrogens with two attached hydrogens (primary N) is 1. The first-order valence-electron chi connectivity index (χ1n) is 5.98. The highest BCUT2D eigenvalue weighted by Gasteiger charge is 2.32. The van der Waals surface area contributed by atoms with E-state index < -0.39 is 11.6 Å². The zero-order valence-corrected chi connectivity index (χ0v) is 10.0. The quantitative estimate of drug-likeness (QED) is 0.855. The third kappa shape index (κ3) is 3.04. The number of carbonyl (C=O) groups excluding carboxylic acids is 1. The smallest absolute Gasteiger partial charge is 0.224 e. The Morgan fingerprint density at radius 2 is 2.06 bits per heavy atom. The van der Waals surface area contributed by atoms with Crippen molar-refractivity contribution in [2.45, 2.75) is 31.2 Å². The summed E-state index contributed by atoms with van der Waals surface area (Å²) in [6, 6.07) is 3.46. The first kappa shape index (κ1) is 13.0. The molecule has 3 nitrogen and oxygen atoms in total. The van der Waals surface area contributed by atoms with E-state index in [1.165, 1.54) is 6.07 Å². The van der Waals surface area contributed by atoms with E-state index in [0.29, 0.717) is 12.1 Å². The minimum absolute atomic E-state index is 0.0350.